The fraction of sp³-hybridized carbons (Fsp3) is 0.500. The third-order valence-electron chi connectivity index (χ3n) is 3.76. The molecule has 0 aliphatic carbocycles. The van der Waals surface area contributed by atoms with E-state index in [0.717, 1.165) is 28.6 Å². The monoisotopic (exact) mass is 358 g/mol. The van der Waals surface area contributed by atoms with E-state index in [1.165, 1.54) is 5.56 Å². The van der Waals surface area contributed by atoms with Gasteiger partial charge in [0.1, 0.15) is 0 Å². The Morgan fingerprint density at radius 3 is 2.83 bits per heavy atom. The second-order valence-corrected chi connectivity index (χ2v) is 6.62. The van der Waals surface area contributed by atoms with Crippen molar-refractivity contribution in [2.24, 2.45) is 11.1 Å². The quantitative estimate of drug-likeness (QED) is 0.826. The van der Waals surface area contributed by atoms with Gasteiger partial charge in [-0.2, -0.15) is 0 Å². The standard InChI is InChI=1S/C14H19IN2O/c1-10-3-4-11(7-12(10)15)13(18)17-6-5-14(2,8-16)9-17/h3-4,7H,5-6,8-9,16H2,1-2H3. The fourth-order valence-electron chi connectivity index (χ4n) is 2.27. The van der Waals surface area contributed by atoms with Gasteiger partial charge in [-0.15, -0.1) is 0 Å². The van der Waals surface area contributed by atoms with Crippen molar-refractivity contribution >= 4 is 28.5 Å². The summed E-state index contributed by atoms with van der Waals surface area (Å²) < 4.78 is 1.14. The summed E-state index contributed by atoms with van der Waals surface area (Å²) in [7, 11) is 0. The molecule has 0 saturated carbocycles. The van der Waals surface area contributed by atoms with Gasteiger partial charge in [0.15, 0.2) is 0 Å². The molecule has 2 rings (SSSR count). The average Bonchev–Trinajstić information content (AvgIpc) is 2.75. The Balaban J connectivity index is 2.15. The van der Waals surface area contributed by atoms with Crippen molar-refractivity contribution in [1.29, 1.82) is 0 Å². The van der Waals surface area contributed by atoms with Crippen LogP contribution in [0.5, 0.6) is 0 Å². The van der Waals surface area contributed by atoms with Crippen molar-refractivity contribution in [3.8, 4) is 0 Å². The molecule has 1 aromatic carbocycles. The first-order valence-electron chi connectivity index (χ1n) is 6.21. The molecule has 3 nitrogen and oxygen atoms in total. The van der Waals surface area contributed by atoms with Crippen molar-refractivity contribution < 1.29 is 4.79 Å². The molecule has 1 atom stereocenters. The Hall–Kier alpha value is -0.620. The largest absolute Gasteiger partial charge is 0.338 e. The van der Waals surface area contributed by atoms with E-state index in [9.17, 15) is 4.79 Å². The highest BCUT2D eigenvalue weighted by atomic mass is 127. The predicted molar refractivity (Wildman–Crippen MR) is 81.6 cm³/mol. The lowest BCUT2D eigenvalue weighted by Crippen LogP contribution is -2.34. The normalized spacial score (nSPS) is 23.4. The van der Waals surface area contributed by atoms with Crippen molar-refractivity contribution in [3.05, 3.63) is 32.9 Å². The Morgan fingerprint density at radius 1 is 1.56 bits per heavy atom. The number of nitrogens with zero attached hydrogens (tertiary/aromatic N) is 1. The van der Waals surface area contributed by atoms with Gasteiger partial charge in [-0.3, -0.25) is 4.79 Å². The topological polar surface area (TPSA) is 46.3 Å². The van der Waals surface area contributed by atoms with Gasteiger partial charge in [0.25, 0.3) is 5.91 Å². The number of hydrogen-bond donors (Lipinski definition) is 1. The summed E-state index contributed by atoms with van der Waals surface area (Å²) in [6, 6.07) is 5.89. The fourth-order valence-corrected chi connectivity index (χ4v) is 2.79. The Labute approximate surface area is 122 Å². The Kier molecular flexibility index (Phi) is 3.96. The van der Waals surface area contributed by atoms with E-state index in [4.69, 9.17) is 5.73 Å². The van der Waals surface area contributed by atoms with E-state index < -0.39 is 0 Å². The van der Waals surface area contributed by atoms with Crippen LogP contribution in [-0.2, 0) is 0 Å². The van der Waals surface area contributed by atoms with Crippen LogP contribution < -0.4 is 5.73 Å². The second-order valence-electron chi connectivity index (χ2n) is 5.46. The molecule has 1 aliphatic rings. The first-order chi connectivity index (χ1) is 8.45. The van der Waals surface area contributed by atoms with Crippen molar-refractivity contribution in [2.45, 2.75) is 20.3 Å². The average molecular weight is 358 g/mol. The zero-order valence-corrected chi connectivity index (χ0v) is 13.0. The minimum absolute atomic E-state index is 0.0908. The second kappa shape index (κ2) is 5.17. The van der Waals surface area contributed by atoms with Crippen molar-refractivity contribution in [2.75, 3.05) is 19.6 Å². The Morgan fingerprint density at radius 2 is 2.28 bits per heavy atom. The number of halogens is 1. The van der Waals surface area contributed by atoms with Gasteiger partial charge in [-0.05, 0) is 65.6 Å². The minimum Gasteiger partial charge on any atom is -0.338 e. The van der Waals surface area contributed by atoms with Gasteiger partial charge in [-0.1, -0.05) is 13.0 Å². The molecule has 1 aromatic rings. The zero-order chi connectivity index (χ0) is 13.3. The predicted octanol–water partition coefficient (Wildman–Crippen LogP) is 2.41. The van der Waals surface area contributed by atoms with Gasteiger partial charge in [-0.25, -0.2) is 0 Å². The van der Waals surface area contributed by atoms with Crippen LogP contribution in [0.4, 0.5) is 0 Å². The molecule has 98 valence electrons. The maximum atomic E-state index is 12.4. The van der Waals surface area contributed by atoms with Gasteiger partial charge in [0.2, 0.25) is 0 Å². The molecule has 0 aromatic heterocycles. The zero-order valence-electron chi connectivity index (χ0n) is 10.9. The van der Waals surface area contributed by atoms with Gasteiger partial charge >= 0.3 is 0 Å². The van der Waals surface area contributed by atoms with Crippen LogP contribution in [0.25, 0.3) is 0 Å². The number of hydrogen-bond acceptors (Lipinski definition) is 2. The SMILES string of the molecule is Cc1ccc(C(=O)N2CCC(C)(CN)C2)cc1I. The molecule has 0 spiro atoms. The third kappa shape index (κ3) is 2.69. The molecule has 1 amide bonds. The number of aryl methyl sites for hydroxylation is 1. The first-order valence-corrected chi connectivity index (χ1v) is 7.28. The number of rotatable bonds is 2. The molecular formula is C14H19IN2O. The number of benzene rings is 1. The van der Waals surface area contributed by atoms with E-state index >= 15 is 0 Å². The summed E-state index contributed by atoms with van der Waals surface area (Å²) in [6.07, 6.45) is 0.998. The highest BCUT2D eigenvalue weighted by molar-refractivity contribution is 14.1. The molecule has 1 saturated heterocycles. The van der Waals surface area contributed by atoms with Crippen LogP contribution in [0.3, 0.4) is 0 Å². The molecule has 1 unspecified atom stereocenters. The summed E-state index contributed by atoms with van der Waals surface area (Å²) in [5, 5.41) is 0. The summed E-state index contributed by atoms with van der Waals surface area (Å²) in [5.74, 6) is 0.130. The molecule has 0 bridgehead atoms. The molecule has 1 fully saturated rings. The molecule has 1 aliphatic heterocycles. The number of carbonyl (C=O) groups excluding carboxylic acids is 1. The van der Waals surface area contributed by atoms with Crippen molar-refractivity contribution in [3.63, 3.8) is 0 Å². The molecule has 0 radical (unpaired) electrons. The lowest BCUT2D eigenvalue weighted by atomic mass is 9.90. The van der Waals surface area contributed by atoms with Gasteiger partial charge < -0.3 is 10.6 Å². The number of carbonyl (C=O) groups is 1. The smallest absolute Gasteiger partial charge is 0.253 e. The third-order valence-corrected chi connectivity index (χ3v) is 4.92. The molecule has 2 N–H and O–H groups in total. The van der Waals surface area contributed by atoms with Crippen LogP contribution in [0.15, 0.2) is 18.2 Å². The van der Waals surface area contributed by atoms with Crippen LogP contribution in [0, 0.1) is 15.9 Å². The van der Waals surface area contributed by atoms with Crippen molar-refractivity contribution in [1.82, 2.24) is 4.90 Å². The minimum atomic E-state index is 0.0908. The highest BCUT2D eigenvalue weighted by Gasteiger charge is 2.35. The molecule has 4 heteroatoms. The van der Waals surface area contributed by atoms with Crippen LogP contribution in [-0.4, -0.2) is 30.4 Å². The Bertz CT molecular complexity index is 475. The summed E-state index contributed by atoms with van der Waals surface area (Å²) in [6.45, 7) is 6.43. The van der Waals surface area contributed by atoms with Crippen LogP contribution in [0.2, 0.25) is 0 Å². The van der Waals surface area contributed by atoms with E-state index in [1.54, 1.807) is 0 Å². The van der Waals surface area contributed by atoms with E-state index in [0.29, 0.717) is 6.54 Å². The number of likely N-dealkylation sites (tertiary alicyclic amines) is 1. The number of nitrogens with two attached hydrogens (primary N) is 1. The summed E-state index contributed by atoms with van der Waals surface area (Å²) >= 11 is 2.27. The first kappa shape index (κ1) is 13.8. The van der Waals surface area contributed by atoms with Gasteiger partial charge in [0.05, 0.1) is 0 Å². The van der Waals surface area contributed by atoms with E-state index in [1.807, 2.05) is 23.1 Å². The lowest BCUT2D eigenvalue weighted by molar-refractivity contribution is 0.0777. The van der Waals surface area contributed by atoms with Crippen LogP contribution >= 0.6 is 22.6 Å². The summed E-state index contributed by atoms with van der Waals surface area (Å²) in [4.78, 5) is 14.3. The number of amides is 1. The van der Waals surface area contributed by atoms with E-state index in [2.05, 4.69) is 36.4 Å². The molecular weight excluding hydrogens is 339 g/mol. The summed E-state index contributed by atoms with van der Waals surface area (Å²) in [5.41, 5.74) is 7.86. The van der Waals surface area contributed by atoms with Gasteiger partial charge in [0, 0.05) is 22.2 Å². The van der Waals surface area contributed by atoms with Crippen LogP contribution in [0.1, 0.15) is 29.3 Å². The molecule has 18 heavy (non-hydrogen) atoms. The lowest BCUT2D eigenvalue weighted by Gasteiger charge is -2.22. The maximum absolute atomic E-state index is 12.4. The maximum Gasteiger partial charge on any atom is 0.253 e. The highest BCUT2D eigenvalue weighted by Crippen LogP contribution is 2.29. The van der Waals surface area contributed by atoms with E-state index in [-0.39, 0.29) is 11.3 Å². The molecule has 1 heterocycles.